The van der Waals surface area contributed by atoms with E-state index in [0.29, 0.717) is 24.0 Å². The largest absolute Gasteiger partial charge is 0.493 e. The van der Waals surface area contributed by atoms with E-state index in [-0.39, 0.29) is 30.1 Å². The molecule has 0 spiro atoms. The van der Waals surface area contributed by atoms with Gasteiger partial charge in [0.2, 0.25) is 0 Å². The average molecular weight is 455 g/mol. The summed E-state index contributed by atoms with van der Waals surface area (Å²) in [4.78, 5) is 4.32. The highest BCUT2D eigenvalue weighted by Crippen LogP contribution is 2.26. The molecule has 0 radical (unpaired) electrons. The minimum Gasteiger partial charge on any atom is -0.493 e. The lowest BCUT2D eigenvalue weighted by Crippen LogP contribution is -2.34. The molecule has 5 nitrogen and oxygen atoms in total. The Labute approximate surface area is 166 Å². The summed E-state index contributed by atoms with van der Waals surface area (Å²) in [5.74, 6) is 1.85. The van der Waals surface area contributed by atoms with Crippen LogP contribution in [0.4, 0.5) is 0 Å². The highest BCUT2D eigenvalue weighted by Gasteiger charge is 2.08. The second kappa shape index (κ2) is 11.6. The first kappa shape index (κ1) is 21.1. The van der Waals surface area contributed by atoms with E-state index in [4.69, 9.17) is 15.2 Å². The quantitative estimate of drug-likeness (QED) is 0.365. The molecule has 0 amide bonds. The summed E-state index contributed by atoms with van der Waals surface area (Å²) in [5, 5.41) is 3.12. The van der Waals surface area contributed by atoms with Gasteiger partial charge in [-0.1, -0.05) is 42.5 Å². The van der Waals surface area contributed by atoms with Crippen LogP contribution in [0, 0.1) is 0 Å². The molecule has 2 aromatic rings. The molecule has 0 heterocycles. The van der Waals surface area contributed by atoms with Gasteiger partial charge in [0.1, 0.15) is 6.10 Å². The SMILES string of the molecule is COc1ccccc1OC(C)CN=C(N)NCCc1ccccc1.I. The third-order valence-electron chi connectivity index (χ3n) is 3.48. The topological polar surface area (TPSA) is 68.9 Å². The van der Waals surface area contributed by atoms with Crippen LogP contribution in [0.5, 0.6) is 11.5 Å². The fourth-order valence-corrected chi connectivity index (χ4v) is 2.23. The average Bonchev–Trinajstić information content (AvgIpc) is 2.61. The molecular weight excluding hydrogens is 429 g/mol. The first-order valence-electron chi connectivity index (χ1n) is 8.06. The van der Waals surface area contributed by atoms with Crippen LogP contribution >= 0.6 is 24.0 Å². The van der Waals surface area contributed by atoms with Crippen molar-refractivity contribution in [1.82, 2.24) is 5.32 Å². The Hall–Kier alpha value is -1.96. The van der Waals surface area contributed by atoms with Crippen molar-refractivity contribution < 1.29 is 9.47 Å². The predicted octanol–water partition coefficient (Wildman–Crippen LogP) is 3.23. The molecule has 2 rings (SSSR count). The smallest absolute Gasteiger partial charge is 0.188 e. The Morgan fingerprint density at radius 3 is 2.40 bits per heavy atom. The van der Waals surface area contributed by atoms with Gasteiger partial charge in [0.05, 0.1) is 13.7 Å². The van der Waals surface area contributed by atoms with E-state index in [1.165, 1.54) is 5.56 Å². The number of nitrogens with one attached hydrogen (secondary N) is 1. The number of nitrogens with two attached hydrogens (primary N) is 1. The first-order valence-corrected chi connectivity index (χ1v) is 8.06. The standard InChI is InChI=1S/C19H25N3O2.HI/c1-15(24-18-11-7-6-10-17(18)23-2)14-22-19(20)21-13-12-16-8-4-3-5-9-16;/h3-11,15H,12-14H2,1-2H3,(H3,20,21,22);1H. The fourth-order valence-electron chi connectivity index (χ4n) is 2.23. The van der Waals surface area contributed by atoms with Gasteiger partial charge >= 0.3 is 0 Å². The van der Waals surface area contributed by atoms with Crippen molar-refractivity contribution in [2.75, 3.05) is 20.2 Å². The molecule has 0 aliphatic rings. The first-order chi connectivity index (χ1) is 11.7. The van der Waals surface area contributed by atoms with Crippen LogP contribution in [0.1, 0.15) is 12.5 Å². The van der Waals surface area contributed by atoms with Crippen molar-refractivity contribution in [3.8, 4) is 11.5 Å². The number of aliphatic imine (C=N–C) groups is 1. The van der Waals surface area contributed by atoms with Crippen molar-refractivity contribution >= 4 is 29.9 Å². The summed E-state index contributed by atoms with van der Waals surface area (Å²) in [6, 6.07) is 17.8. The van der Waals surface area contributed by atoms with Gasteiger partial charge in [-0.05, 0) is 31.0 Å². The van der Waals surface area contributed by atoms with Crippen molar-refractivity contribution in [3.05, 3.63) is 60.2 Å². The van der Waals surface area contributed by atoms with Gasteiger partial charge in [0.25, 0.3) is 0 Å². The van der Waals surface area contributed by atoms with E-state index in [2.05, 4.69) is 22.4 Å². The Morgan fingerprint density at radius 1 is 1.08 bits per heavy atom. The molecule has 1 atom stereocenters. The molecule has 0 fully saturated rings. The lowest BCUT2D eigenvalue weighted by Gasteiger charge is -2.15. The van der Waals surface area contributed by atoms with Crippen molar-refractivity contribution in [2.24, 2.45) is 10.7 Å². The Kier molecular flexibility index (Phi) is 9.76. The molecule has 3 N–H and O–H groups in total. The lowest BCUT2D eigenvalue weighted by molar-refractivity contribution is 0.219. The Morgan fingerprint density at radius 2 is 1.72 bits per heavy atom. The van der Waals surface area contributed by atoms with Crippen LogP contribution in [0.25, 0.3) is 0 Å². The summed E-state index contributed by atoms with van der Waals surface area (Å²) in [6.45, 7) is 3.18. The second-order valence-electron chi connectivity index (χ2n) is 5.47. The van der Waals surface area contributed by atoms with Gasteiger partial charge in [0, 0.05) is 6.54 Å². The summed E-state index contributed by atoms with van der Waals surface area (Å²) in [7, 11) is 1.62. The van der Waals surface area contributed by atoms with Crippen LogP contribution in [0.2, 0.25) is 0 Å². The molecule has 0 aromatic heterocycles. The zero-order valence-corrected chi connectivity index (χ0v) is 17.0. The molecular formula is C19H26IN3O2. The van der Waals surface area contributed by atoms with Gasteiger partial charge in [-0.2, -0.15) is 0 Å². The molecule has 6 heteroatoms. The third-order valence-corrected chi connectivity index (χ3v) is 3.48. The molecule has 2 aromatic carbocycles. The zero-order chi connectivity index (χ0) is 17.2. The number of rotatable bonds is 8. The highest BCUT2D eigenvalue weighted by molar-refractivity contribution is 14.0. The van der Waals surface area contributed by atoms with E-state index >= 15 is 0 Å². The van der Waals surface area contributed by atoms with Crippen LogP contribution in [0.3, 0.4) is 0 Å². The van der Waals surface area contributed by atoms with E-state index in [1.807, 2.05) is 49.4 Å². The number of ether oxygens (including phenoxy) is 2. The number of halogens is 1. The lowest BCUT2D eigenvalue weighted by atomic mass is 10.1. The van der Waals surface area contributed by atoms with Crippen LogP contribution in [-0.2, 0) is 6.42 Å². The molecule has 25 heavy (non-hydrogen) atoms. The van der Waals surface area contributed by atoms with Crippen molar-refractivity contribution in [2.45, 2.75) is 19.4 Å². The van der Waals surface area contributed by atoms with Crippen LogP contribution < -0.4 is 20.5 Å². The van der Waals surface area contributed by atoms with Gasteiger partial charge in [-0.25, -0.2) is 4.99 Å². The minimum atomic E-state index is -0.101. The summed E-state index contributed by atoms with van der Waals surface area (Å²) in [5.41, 5.74) is 7.16. The fraction of sp³-hybridized carbons (Fsp3) is 0.316. The number of benzene rings is 2. The normalized spacial score (nSPS) is 12.0. The number of guanidine groups is 1. The van der Waals surface area contributed by atoms with Gasteiger partial charge in [0.15, 0.2) is 17.5 Å². The van der Waals surface area contributed by atoms with Crippen molar-refractivity contribution in [1.29, 1.82) is 0 Å². The van der Waals surface area contributed by atoms with Gasteiger partial charge in [-0.3, -0.25) is 0 Å². The Bertz CT molecular complexity index is 650. The predicted molar refractivity (Wildman–Crippen MR) is 113 cm³/mol. The Balaban J connectivity index is 0.00000312. The second-order valence-corrected chi connectivity index (χ2v) is 5.47. The maximum Gasteiger partial charge on any atom is 0.188 e. The molecule has 1 unspecified atom stereocenters. The number of nitrogens with zero attached hydrogens (tertiary/aromatic N) is 1. The number of hydrogen-bond acceptors (Lipinski definition) is 3. The highest BCUT2D eigenvalue weighted by atomic mass is 127. The summed E-state index contributed by atoms with van der Waals surface area (Å²) in [6.07, 6.45) is 0.806. The monoisotopic (exact) mass is 455 g/mol. The summed E-state index contributed by atoms with van der Waals surface area (Å²) < 4.78 is 11.1. The third kappa shape index (κ3) is 7.64. The van der Waals surface area contributed by atoms with E-state index < -0.39 is 0 Å². The van der Waals surface area contributed by atoms with Gasteiger partial charge in [-0.15, -0.1) is 24.0 Å². The van der Waals surface area contributed by atoms with Crippen LogP contribution in [0.15, 0.2) is 59.6 Å². The molecule has 0 saturated heterocycles. The van der Waals surface area contributed by atoms with Crippen LogP contribution in [-0.4, -0.2) is 32.3 Å². The molecule has 0 saturated carbocycles. The number of methoxy groups -OCH3 is 1. The molecule has 0 aliphatic carbocycles. The molecule has 0 bridgehead atoms. The number of para-hydroxylation sites is 2. The minimum absolute atomic E-state index is 0. The summed E-state index contributed by atoms with van der Waals surface area (Å²) >= 11 is 0. The molecule has 136 valence electrons. The van der Waals surface area contributed by atoms with E-state index in [1.54, 1.807) is 7.11 Å². The van der Waals surface area contributed by atoms with E-state index in [0.717, 1.165) is 13.0 Å². The zero-order valence-electron chi connectivity index (χ0n) is 14.6. The number of hydrogen-bond donors (Lipinski definition) is 2. The van der Waals surface area contributed by atoms with E-state index in [9.17, 15) is 0 Å². The molecule has 0 aliphatic heterocycles. The van der Waals surface area contributed by atoms with Crippen molar-refractivity contribution in [3.63, 3.8) is 0 Å². The van der Waals surface area contributed by atoms with Gasteiger partial charge < -0.3 is 20.5 Å². The maximum absolute atomic E-state index is 5.89. The maximum atomic E-state index is 5.89.